The predicted octanol–water partition coefficient (Wildman–Crippen LogP) is 1.67. The van der Waals surface area contributed by atoms with Gasteiger partial charge in [0.15, 0.2) is 5.78 Å². The van der Waals surface area contributed by atoms with Crippen LogP contribution >= 0.6 is 11.8 Å². The number of thioether (sulfide) groups is 1. The zero-order valence-electron chi connectivity index (χ0n) is 12.3. The lowest BCUT2D eigenvalue weighted by Gasteiger charge is -2.12. The van der Waals surface area contributed by atoms with Crippen LogP contribution in [0, 0.1) is 16.0 Å². The van der Waals surface area contributed by atoms with Crippen molar-refractivity contribution in [3.8, 4) is 0 Å². The fourth-order valence-electron chi connectivity index (χ4n) is 2.82. The minimum absolute atomic E-state index is 0.148. The van der Waals surface area contributed by atoms with Gasteiger partial charge in [-0.25, -0.2) is 0 Å². The molecular weight excluding hydrogens is 336 g/mol. The van der Waals surface area contributed by atoms with E-state index in [1.807, 2.05) is 0 Å². The van der Waals surface area contributed by atoms with Crippen molar-refractivity contribution in [2.45, 2.75) is 6.42 Å². The molecule has 1 aromatic rings. The van der Waals surface area contributed by atoms with E-state index >= 15 is 0 Å². The van der Waals surface area contributed by atoms with Gasteiger partial charge in [0, 0.05) is 35.6 Å². The first-order valence-electron chi connectivity index (χ1n) is 7.09. The van der Waals surface area contributed by atoms with E-state index < -0.39 is 29.0 Å². The lowest BCUT2D eigenvalue weighted by Crippen LogP contribution is -2.29. The molecule has 24 heavy (non-hydrogen) atoms. The molecule has 2 aliphatic heterocycles. The highest BCUT2D eigenvalue weighted by Crippen LogP contribution is 2.43. The fraction of sp³-hybridized carbons (Fsp3) is 0.267. The van der Waals surface area contributed by atoms with Crippen LogP contribution in [-0.4, -0.2) is 44.9 Å². The van der Waals surface area contributed by atoms with Crippen molar-refractivity contribution in [1.29, 1.82) is 0 Å². The number of amides is 1. The lowest BCUT2D eigenvalue weighted by molar-refractivity contribution is -0.384. The topological polar surface area (TPSA) is 118 Å². The number of nitrogens with zero attached hydrogens (tertiary/aromatic N) is 2. The van der Waals surface area contributed by atoms with Crippen molar-refractivity contribution >= 4 is 35.1 Å². The molecule has 0 saturated carbocycles. The van der Waals surface area contributed by atoms with E-state index in [1.165, 1.54) is 40.9 Å². The number of non-ortho nitro benzene ring substituents is 1. The van der Waals surface area contributed by atoms with E-state index in [2.05, 4.69) is 0 Å². The molecule has 2 aliphatic rings. The first-order valence-corrected chi connectivity index (χ1v) is 8.08. The van der Waals surface area contributed by atoms with Gasteiger partial charge in [-0.2, -0.15) is 0 Å². The van der Waals surface area contributed by atoms with Gasteiger partial charge in [0.25, 0.3) is 5.69 Å². The summed E-state index contributed by atoms with van der Waals surface area (Å²) in [5, 5.41) is 20.2. The second-order valence-corrected chi connectivity index (χ2v) is 6.42. The van der Waals surface area contributed by atoms with E-state index in [4.69, 9.17) is 5.11 Å². The first-order chi connectivity index (χ1) is 11.4. The van der Waals surface area contributed by atoms with Crippen LogP contribution in [0.15, 0.2) is 34.9 Å². The molecular formula is C15H12N2O6S. The Balaban J connectivity index is 1.98. The number of carboxylic acid groups (broad SMARTS) is 1. The summed E-state index contributed by atoms with van der Waals surface area (Å²) >= 11 is 1.35. The van der Waals surface area contributed by atoms with Crippen molar-refractivity contribution in [3.05, 3.63) is 50.5 Å². The third-order valence-corrected chi connectivity index (χ3v) is 5.01. The molecule has 2 heterocycles. The Morgan fingerprint density at radius 2 is 2.00 bits per heavy atom. The highest BCUT2D eigenvalue weighted by molar-refractivity contribution is 8.03. The minimum atomic E-state index is -1.16. The number of benzene rings is 1. The van der Waals surface area contributed by atoms with Gasteiger partial charge in [-0.1, -0.05) is 0 Å². The van der Waals surface area contributed by atoms with Crippen LogP contribution < -0.4 is 0 Å². The zero-order chi connectivity index (χ0) is 17.4. The highest BCUT2D eigenvalue weighted by atomic mass is 32.2. The van der Waals surface area contributed by atoms with Crippen LogP contribution in [-0.2, 0) is 9.59 Å². The van der Waals surface area contributed by atoms with E-state index in [-0.39, 0.29) is 22.7 Å². The number of hydrogen-bond acceptors (Lipinski definition) is 6. The number of Topliss-reactive ketones (excluding diaryl/α,β-unsaturated/α-hetero) is 1. The Bertz CT molecular complexity index is 786. The van der Waals surface area contributed by atoms with Gasteiger partial charge >= 0.3 is 5.97 Å². The van der Waals surface area contributed by atoms with E-state index in [0.717, 1.165) is 0 Å². The smallest absolute Gasteiger partial charge is 0.304 e. The summed E-state index contributed by atoms with van der Waals surface area (Å²) in [5.41, 5.74) is 0.227. The van der Waals surface area contributed by atoms with Crippen LogP contribution in [0.2, 0.25) is 0 Å². The van der Waals surface area contributed by atoms with Crippen molar-refractivity contribution in [2.75, 3.05) is 12.3 Å². The second-order valence-electron chi connectivity index (χ2n) is 5.34. The zero-order valence-corrected chi connectivity index (χ0v) is 13.1. The molecule has 1 aromatic carbocycles. The Morgan fingerprint density at radius 3 is 2.58 bits per heavy atom. The van der Waals surface area contributed by atoms with Crippen molar-refractivity contribution in [2.24, 2.45) is 5.92 Å². The molecule has 0 radical (unpaired) electrons. The molecule has 1 saturated heterocycles. The lowest BCUT2D eigenvalue weighted by atomic mass is 9.91. The molecule has 1 unspecified atom stereocenters. The number of nitro benzene ring substituents is 1. The summed E-state index contributed by atoms with van der Waals surface area (Å²) in [5.74, 6) is -2.35. The van der Waals surface area contributed by atoms with Crippen LogP contribution in [0.25, 0.3) is 0 Å². The molecule has 1 fully saturated rings. The van der Waals surface area contributed by atoms with Crippen molar-refractivity contribution in [3.63, 3.8) is 0 Å². The fourth-order valence-corrected chi connectivity index (χ4v) is 4.01. The van der Waals surface area contributed by atoms with E-state index in [0.29, 0.717) is 17.3 Å². The van der Waals surface area contributed by atoms with Gasteiger partial charge in [-0.15, -0.1) is 11.8 Å². The second kappa shape index (κ2) is 6.08. The molecule has 0 spiro atoms. The third kappa shape index (κ3) is 2.67. The molecule has 1 atom stereocenters. The predicted molar refractivity (Wildman–Crippen MR) is 84.4 cm³/mol. The normalized spacial score (nSPS) is 19.6. The summed E-state index contributed by atoms with van der Waals surface area (Å²) in [6.07, 6.45) is -0.451. The van der Waals surface area contributed by atoms with Crippen LogP contribution in [0.5, 0.6) is 0 Å². The average molecular weight is 348 g/mol. The van der Waals surface area contributed by atoms with Gasteiger partial charge < -0.3 is 10.0 Å². The number of nitro groups is 1. The SMILES string of the molecule is O=C(O)CC1C(=O)N2CCSC2=C1C(=O)c1ccc([N+](=O)[O-])cc1. The Hall–Kier alpha value is -2.68. The van der Waals surface area contributed by atoms with E-state index in [9.17, 15) is 24.5 Å². The summed E-state index contributed by atoms with van der Waals surface area (Å²) in [7, 11) is 0. The molecule has 1 amide bonds. The Labute approximate surface area is 140 Å². The van der Waals surface area contributed by atoms with Crippen LogP contribution in [0.1, 0.15) is 16.8 Å². The highest BCUT2D eigenvalue weighted by Gasteiger charge is 2.45. The summed E-state index contributed by atoms with van der Waals surface area (Å²) in [6, 6.07) is 5.05. The van der Waals surface area contributed by atoms with Gasteiger partial charge in [0.2, 0.25) is 5.91 Å². The van der Waals surface area contributed by atoms with Crippen molar-refractivity contribution < 1.29 is 24.4 Å². The van der Waals surface area contributed by atoms with Gasteiger partial charge in [0.05, 0.1) is 22.3 Å². The maximum absolute atomic E-state index is 12.8. The number of carbonyl (C=O) groups excluding carboxylic acids is 2. The molecule has 124 valence electrons. The number of ketones is 1. The molecule has 0 bridgehead atoms. The van der Waals surface area contributed by atoms with Gasteiger partial charge in [0.1, 0.15) is 0 Å². The summed E-state index contributed by atoms with van der Waals surface area (Å²) < 4.78 is 0. The average Bonchev–Trinajstić information content (AvgIpc) is 3.10. The Morgan fingerprint density at radius 1 is 1.33 bits per heavy atom. The Kier molecular flexibility index (Phi) is 4.10. The quantitative estimate of drug-likeness (QED) is 0.488. The number of carboxylic acids is 1. The minimum Gasteiger partial charge on any atom is -0.481 e. The number of aliphatic carboxylic acids is 1. The number of hydrogen-bond donors (Lipinski definition) is 1. The molecule has 0 aliphatic carbocycles. The maximum atomic E-state index is 12.8. The van der Waals surface area contributed by atoms with Crippen LogP contribution in [0.3, 0.4) is 0 Å². The summed E-state index contributed by atoms with van der Waals surface area (Å²) in [6.45, 7) is 0.450. The number of fused-ring (bicyclic) bond motifs is 1. The first kappa shape index (κ1) is 16.2. The molecule has 9 heteroatoms. The number of rotatable bonds is 5. The van der Waals surface area contributed by atoms with Crippen molar-refractivity contribution in [1.82, 2.24) is 4.90 Å². The monoisotopic (exact) mass is 348 g/mol. The van der Waals surface area contributed by atoms with Gasteiger partial charge in [-0.05, 0) is 12.1 Å². The van der Waals surface area contributed by atoms with E-state index in [1.54, 1.807) is 0 Å². The standard InChI is InChI=1S/C15H12N2O6S/c18-11(19)7-10-12(15-16(14(10)21)5-6-24-15)13(20)8-1-3-9(4-2-8)17(22)23/h1-4,10H,5-7H2,(H,18,19). The molecule has 8 nitrogen and oxygen atoms in total. The maximum Gasteiger partial charge on any atom is 0.304 e. The number of carbonyl (C=O) groups is 3. The van der Waals surface area contributed by atoms with Crippen LogP contribution in [0.4, 0.5) is 5.69 Å². The summed E-state index contributed by atoms with van der Waals surface area (Å²) in [4.78, 5) is 47.8. The van der Waals surface area contributed by atoms with Gasteiger partial charge in [-0.3, -0.25) is 24.5 Å². The largest absolute Gasteiger partial charge is 0.481 e. The molecule has 3 rings (SSSR count). The molecule has 1 N–H and O–H groups in total. The third-order valence-electron chi connectivity index (χ3n) is 3.91. The molecule has 0 aromatic heterocycles.